The number of benzene rings is 2. The number of unbranched alkanes of at least 4 members (excludes halogenated alkanes) is 1. The lowest BCUT2D eigenvalue weighted by atomic mass is 10.1. The van der Waals surface area contributed by atoms with Gasteiger partial charge in [-0.15, -0.1) is 0 Å². The van der Waals surface area contributed by atoms with Gasteiger partial charge in [0.1, 0.15) is 22.8 Å². The Kier molecular flexibility index (Phi) is 12.9. The van der Waals surface area contributed by atoms with E-state index in [1.807, 2.05) is 35.2 Å². The number of amides is 2. The van der Waals surface area contributed by atoms with Crippen LogP contribution in [-0.4, -0.2) is 87.7 Å². The van der Waals surface area contributed by atoms with Gasteiger partial charge in [0.05, 0.1) is 50.0 Å². The molecule has 15 heteroatoms. The van der Waals surface area contributed by atoms with E-state index < -0.39 is 21.8 Å². The topological polar surface area (TPSA) is 171 Å². The van der Waals surface area contributed by atoms with E-state index in [1.54, 1.807) is 65.6 Å². The second-order valence-corrected chi connectivity index (χ2v) is 14.0. The molecule has 2 amide bonds. The maximum atomic E-state index is 12.9. The van der Waals surface area contributed by atoms with Crippen molar-refractivity contribution in [2.24, 2.45) is 0 Å². The number of nitrogens with one attached hydrogen (secondary N) is 2. The molecule has 0 saturated heterocycles. The molecule has 0 radical (unpaired) electrons. The minimum Gasteiger partial charge on any atom is -0.497 e. The van der Waals surface area contributed by atoms with Crippen LogP contribution in [0.3, 0.4) is 0 Å². The Hall–Kier alpha value is -5.02. The first-order valence-corrected chi connectivity index (χ1v) is 17.9. The van der Waals surface area contributed by atoms with Gasteiger partial charge in [-0.3, -0.25) is 18.9 Å². The highest BCUT2D eigenvalue weighted by Gasteiger charge is 2.17. The first-order valence-electron chi connectivity index (χ1n) is 16.1. The third-order valence-corrected chi connectivity index (χ3v) is 7.75. The molecule has 2 aromatic heterocycles. The van der Waals surface area contributed by atoms with E-state index in [0.29, 0.717) is 72.7 Å². The standard InChI is InChI=1S/C35H44N6O8S/c1-35(2,3)49-34(43)38-14-8-7-13-37-33(42)31-18-24(12-15-36-31)32-23-39-29-11-10-25(21-30(29)40-32)41(16-9-17-48-50(6,44)45)26-19-27(46-4)22-28(20-26)47-5/h10-12,15,18-23H,7-9,13-14,16-17H2,1-6H3,(H,37,42)(H,38,43). The first kappa shape index (κ1) is 37.8. The normalized spacial score (nSPS) is 11.6. The molecule has 4 aromatic rings. The van der Waals surface area contributed by atoms with E-state index in [4.69, 9.17) is 23.4 Å². The SMILES string of the molecule is COc1cc(OC)cc(N(CCCOS(C)(=O)=O)c2ccc3ncc(-c4ccnc(C(=O)NCCCCNC(=O)OC(C)(C)C)c4)nc3c2)c1. The molecule has 2 aromatic carbocycles. The number of aromatic nitrogens is 3. The Morgan fingerprint density at radius 2 is 1.54 bits per heavy atom. The maximum absolute atomic E-state index is 12.9. The Morgan fingerprint density at radius 1 is 0.840 bits per heavy atom. The zero-order valence-electron chi connectivity index (χ0n) is 29.2. The van der Waals surface area contributed by atoms with Crippen LogP contribution in [0, 0.1) is 0 Å². The molecule has 0 aliphatic heterocycles. The zero-order chi connectivity index (χ0) is 36.3. The number of carbonyl (C=O) groups is 2. The predicted molar refractivity (Wildman–Crippen MR) is 191 cm³/mol. The summed E-state index contributed by atoms with van der Waals surface area (Å²) in [5.74, 6) is 0.854. The number of alkyl carbamates (subject to hydrolysis) is 1. The van der Waals surface area contributed by atoms with Gasteiger partial charge in [-0.25, -0.2) is 9.78 Å². The maximum Gasteiger partial charge on any atom is 0.407 e. The fourth-order valence-corrected chi connectivity index (χ4v) is 5.28. The lowest BCUT2D eigenvalue weighted by Gasteiger charge is -2.26. The van der Waals surface area contributed by atoms with Gasteiger partial charge in [-0.1, -0.05) is 0 Å². The Bertz CT molecular complexity index is 1880. The molecule has 2 heterocycles. The van der Waals surface area contributed by atoms with Gasteiger partial charge in [-0.2, -0.15) is 8.42 Å². The van der Waals surface area contributed by atoms with Crippen molar-refractivity contribution in [2.45, 2.75) is 45.6 Å². The molecule has 0 bridgehead atoms. The fourth-order valence-electron chi connectivity index (χ4n) is 4.86. The molecule has 0 aliphatic rings. The lowest BCUT2D eigenvalue weighted by Crippen LogP contribution is -2.33. The molecule has 0 atom stereocenters. The number of hydrogen-bond donors (Lipinski definition) is 2. The molecular formula is C35H44N6O8S. The highest BCUT2D eigenvalue weighted by molar-refractivity contribution is 7.85. The van der Waals surface area contributed by atoms with Crippen molar-refractivity contribution in [3.8, 4) is 22.8 Å². The van der Waals surface area contributed by atoms with Crippen LogP contribution in [0.15, 0.2) is 60.9 Å². The van der Waals surface area contributed by atoms with Gasteiger partial charge in [-0.05, 0) is 70.4 Å². The molecule has 0 unspecified atom stereocenters. The second kappa shape index (κ2) is 17.1. The summed E-state index contributed by atoms with van der Waals surface area (Å²) in [6.07, 6.45) is 5.47. The smallest absolute Gasteiger partial charge is 0.407 e. The van der Waals surface area contributed by atoms with Gasteiger partial charge in [0.25, 0.3) is 16.0 Å². The summed E-state index contributed by atoms with van der Waals surface area (Å²) in [5.41, 5.74) is 3.69. The minimum atomic E-state index is -3.58. The van der Waals surface area contributed by atoms with Gasteiger partial charge in [0.15, 0.2) is 0 Å². The number of nitrogens with zero attached hydrogens (tertiary/aromatic N) is 4. The predicted octanol–water partition coefficient (Wildman–Crippen LogP) is 5.25. The molecule has 0 fully saturated rings. The Labute approximate surface area is 292 Å². The third kappa shape index (κ3) is 11.6. The fraction of sp³-hybridized carbons (Fsp3) is 0.400. The van der Waals surface area contributed by atoms with Crippen molar-refractivity contribution in [3.05, 3.63) is 66.6 Å². The summed E-state index contributed by atoms with van der Waals surface area (Å²) < 4.78 is 44.3. The lowest BCUT2D eigenvalue weighted by molar-refractivity contribution is 0.0526. The van der Waals surface area contributed by atoms with Crippen molar-refractivity contribution in [3.63, 3.8) is 0 Å². The van der Waals surface area contributed by atoms with Crippen molar-refractivity contribution >= 4 is 44.5 Å². The van der Waals surface area contributed by atoms with Gasteiger partial charge >= 0.3 is 6.09 Å². The van der Waals surface area contributed by atoms with Crippen molar-refractivity contribution in [1.29, 1.82) is 0 Å². The molecule has 50 heavy (non-hydrogen) atoms. The number of carbonyl (C=O) groups excluding carboxylic acids is 2. The number of ether oxygens (including phenoxy) is 3. The van der Waals surface area contributed by atoms with E-state index in [1.165, 1.54) is 0 Å². The van der Waals surface area contributed by atoms with E-state index in [0.717, 1.165) is 17.6 Å². The Balaban J connectivity index is 1.49. The highest BCUT2D eigenvalue weighted by Crippen LogP contribution is 2.34. The summed E-state index contributed by atoms with van der Waals surface area (Å²) in [6, 6.07) is 14.6. The highest BCUT2D eigenvalue weighted by atomic mass is 32.2. The van der Waals surface area contributed by atoms with E-state index >= 15 is 0 Å². The first-order chi connectivity index (χ1) is 23.7. The zero-order valence-corrected chi connectivity index (χ0v) is 30.0. The average molecular weight is 709 g/mol. The summed E-state index contributed by atoms with van der Waals surface area (Å²) in [6.45, 7) is 6.67. The number of pyridine rings is 1. The van der Waals surface area contributed by atoms with Crippen LogP contribution in [0.5, 0.6) is 11.5 Å². The van der Waals surface area contributed by atoms with Crippen LogP contribution in [-0.2, 0) is 19.0 Å². The average Bonchev–Trinajstić information content (AvgIpc) is 3.07. The van der Waals surface area contributed by atoms with E-state index in [-0.39, 0.29) is 18.2 Å². The van der Waals surface area contributed by atoms with Gasteiger partial charge < -0.3 is 29.7 Å². The van der Waals surface area contributed by atoms with Crippen LogP contribution in [0.4, 0.5) is 16.2 Å². The van der Waals surface area contributed by atoms with Crippen LogP contribution in [0.1, 0.15) is 50.5 Å². The van der Waals surface area contributed by atoms with E-state index in [2.05, 4.69) is 20.6 Å². The molecular weight excluding hydrogens is 664 g/mol. The summed E-state index contributed by atoms with van der Waals surface area (Å²) in [4.78, 5) is 40.4. The number of rotatable bonds is 16. The monoisotopic (exact) mass is 708 g/mol. The van der Waals surface area contributed by atoms with Crippen molar-refractivity contribution in [1.82, 2.24) is 25.6 Å². The third-order valence-electron chi connectivity index (χ3n) is 7.15. The quantitative estimate of drug-likeness (QED) is 0.115. The van der Waals surface area contributed by atoms with Gasteiger partial charge in [0, 0.05) is 61.0 Å². The van der Waals surface area contributed by atoms with Gasteiger partial charge in [0.2, 0.25) is 0 Å². The van der Waals surface area contributed by atoms with Crippen LogP contribution >= 0.6 is 0 Å². The van der Waals surface area contributed by atoms with E-state index in [9.17, 15) is 18.0 Å². The Morgan fingerprint density at radius 3 is 2.20 bits per heavy atom. The molecule has 2 N–H and O–H groups in total. The number of hydrogen-bond acceptors (Lipinski definition) is 12. The summed E-state index contributed by atoms with van der Waals surface area (Å²) in [5, 5.41) is 5.57. The largest absolute Gasteiger partial charge is 0.497 e. The molecule has 0 aliphatic carbocycles. The number of methoxy groups -OCH3 is 2. The van der Waals surface area contributed by atoms with Crippen LogP contribution in [0.2, 0.25) is 0 Å². The molecule has 4 rings (SSSR count). The van der Waals surface area contributed by atoms with Crippen molar-refractivity contribution in [2.75, 3.05) is 51.6 Å². The molecule has 14 nitrogen and oxygen atoms in total. The van der Waals surface area contributed by atoms with Crippen LogP contribution < -0.4 is 25.0 Å². The number of fused-ring (bicyclic) bond motifs is 1. The van der Waals surface area contributed by atoms with Crippen molar-refractivity contribution < 1.29 is 36.4 Å². The second-order valence-electron chi connectivity index (χ2n) is 12.4. The minimum absolute atomic E-state index is 0.0111. The molecule has 0 saturated carbocycles. The number of anilines is 2. The molecule has 268 valence electrons. The molecule has 0 spiro atoms. The summed E-state index contributed by atoms with van der Waals surface area (Å²) in [7, 11) is -0.443. The van der Waals surface area contributed by atoms with Crippen LogP contribution in [0.25, 0.3) is 22.3 Å². The summed E-state index contributed by atoms with van der Waals surface area (Å²) >= 11 is 0.